The maximum absolute atomic E-state index is 13.0. The zero-order valence-corrected chi connectivity index (χ0v) is 18.1. The Morgan fingerprint density at radius 1 is 1.21 bits per heavy atom. The van der Waals surface area contributed by atoms with Crippen molar-refractivity contribution in [3.05, 3.63) is 38.8 Å². The number of amides is 1. The summed E-state index contributed by atoms with van der Waals surface area (Å²) in [6.07, 6.45) is -3.48. The molecule has 158 valence electrons. The van der Waals surface area contributed by atoms with Crippen molar-refractivity contribution >= 4 is 28.6 Å². The van der Waals surface area contributed by atoms with Gasteiger partial charge in [-0.05, 0) is 42.5 Å². The fraction of sp³-hybridized carbons (Fsp3) is 0.524. The van der Waals surface area contributed by atoms with E-state index in [1.54, 1.807) is 0 Å². The van der Waals surface area contributed by atoms with Gasteiger partial charge in [0.25, 0.3) is 0 Å². The van der Waals surface area contributed by atoms with E-state index in [-0.39, 0.29) is 11.3 Å². The minimum Gasteiger partial charge on any atom is -0.366 e. The number of nitrogens with one attached hydrogen (secondary N) is 1. The number of fused-ring (bicyclic) bond motifs is 1. The first-order chi connectivity index (χ1) is 13.3. The molecule has 2 aromatic rings. The van der Waals surface area contributed by atoms with Crippen LogP contribution < -0.4 is 10.2 Å². The summed E-state index contributed by atoms with van der Waals surface area (Å²) in [4.78, 5) is 18.8. The molecule has 4 nitrogen and oxygen atoms in total. The summed E-state index contributed by atoms with van der Waals surface area (Å²) in [5, 5.41) is 2.24. The highest BCUT2D eigenvalue weighted by molar-refractivity contribution is 7.11. The highest BCUT2D eigenvalue weighted by atomic mass is 32.1. The monoisotopic (exact) mass is 425 g/mol. The topological polar surface area (TPSA) is 45.2 Å². The maximum atomic E-state index is 13.0. The van der Waals surface area contributed by atoms with Crippen molar-refractivity contribution in [3.63, 3.8) is 0 Å². The molecule has 0 unspecified atom stereocenters. The Balaban J connectivity index is 1.79. The molecule has 0 bridgehead atoms. The average Bonchev–Trinajstić information content (AvgIpc) is 3.00. The van der Waals surface area contributed by atoms with Crippen molar-refractivity contribution in [3.8, 4) is 0 Å². The lowest BCUT2D eigenvalue weighted by molar-refractivity contribution is -0.137. The number of anilines is 2. The Morgan fingerprint density at radius 2 is 1.83 bits per heavy atom. The highest BCUT2D eigenvalue weighted by Gasteiger charge is 2.37. The van der Waals surface area contributed by atoms with Crippen LogP contribution in [0.2, 0.25) is 0 Å². The van der Waals surface area contributed by atoms with E-state index in [0.29, 0.717) is 36.5 Å². The van der Waals surface area contributed by atoms with Gasteiger partial charge in [0.2, 0.25) is 5.91 Å². The fourth-order valence-electron chi connectivity index (χ4n) is 3.52. The average molecular weight is 426 g/mol. The van der Waals surface area contributed by atoms with E-state index < -0.39 is 11.2 Å². The first kappa shape index (κ1) is 21.6. The van der Waals surface area contributed by atoms with Crippen molar-refractivity contribution in [2.75, 3.05) is 16.8 Å². The number of benzene rings is 1. The van der Waals surface area contributed by atoms with Crippen LogP contribution in [0.4, 0.5) is 24.5 Å². The van der Waals surface area contributed by atoms with Crippen LogP contribution in [-0.4, -0.2) is 17.4 Å². The number of hydrogen-bond acceptors (Lipinski definition) is 4. The van der Waals surface area contributed by atoms with Gasteiger partial charge in [-0.25, -0.2) is 4.98 Å². The van der Waals surface area contributed by atoms with Crippen LogP contribution in [0.25, 0.3) is 0 Å². The molecular formula is C21H26F3N3OS. The van der Waals surface area contributed by atoms with Crippen LogP contribution in [0.1, 0.15) is 53.9 Å². The molecule has 0 spiro atoms. The van der Waals surface area contributed by atoms with Crippen LogP contribution >= 0.6 is 11.3 Å². The Morgan fingerprint density at radius 3 is 2.38 bits per heavy atom. The lowest BCUT2D eigenvalue weighted by atomic mass is 9.92. The van der Waals surface area contributed by atoms with Gasteiger partial charge < -0.3 is 10.2 Å². The second-order valence-electron chi connectivity index (χ2n) is 8.80. The molecule has 2 heterocycles. The van der Waals surface area contributed by atoms with E-state index in [1.165, 1.54) is 0 Å². The molecule has 0 radical (unpaired) electrons. The van der Waals surface area contributed by atoms with Crippen LogP contribution in [0, 0.1) is 19.3 Å². The number of rotatable bonds is 3. The molecule has 1 aliphatic rings. The summed E-state index contributed by atoms with van der Waals surface area (Å²) in [5.74, 6) is -0.0246. The Hall–Kier alpha value is -2.09. The van der Waals surface area contributed by atoms with Crippen LogP contribution in [0.5, 0.6) is 0 Å². The van der Waals surface area contributed by atoms with Crippen LogP contribution in [0.15, 0.2) is 12.1 Å². The van der Waals surface area contributed by atoms with Gasteiger partial charge in [0.05, 0.1) is 12.2 Å². The summed E-state index contributed by atoms with van der Waals surface area (Å²) < 4.78 is 38.9. The van der Waals surface area contributed by atoms with Gasteiger partial charge in [-0.1, -0.05) is 20.8 Å². The van der Waals surface area contributed by atoms with Gasteiger partial charge in [-0.2, -0.15) is 13.2 Å². The Kier molecular flexibility index (Phi) is 5.69. The summed E-state index contributed by atoms with van der Waals surface area (Å²) in [6.45, 7) is 11.0. The quantitative estimate of drug-likeness (QED) is 0.684. The van der Waals surface area contributed by atoms with Crippen LogP contribution in [0.3, 0.4) is 0 Å². The molecule has 0 saturated heterocycles. The zero-order valence-electron chi connectivity index (χ0n) is 17.3. The number of carbonyl (C=O) groups excluding carboxylic acids is 1. The van der Waals surface area contributed by atoms with Crippen molar-refractivity contribution in [2.24, 2.45) is 5.41 Å². The number of thiazole rings is 1. The predicted molar refractivity (Wildman–Crippen MR) is 110 cm³/mol. The zero-order chi connectivity index (χ0) is 21.6. The largest absolute Gasteiger partial charge is 0.443 e. The third kappa shape index (κ3) is 5.10. The summed E-state index contributed by atoms with van der Waals surface area (Å²) >= 11 is 0.731. The van der Waals surface area contributed by atoms with Gasteiger partial charge >= 0.3 is 6.18 Å². The van der Waals surface area contributed by atoms with Gasteiger partial charge in [0.15, 0.2) is 5.01 Å². The first-order valence-corrected chi connectivity index (χ1v) is 10.4. The smallest absolute Gasteiger partial charge is 0.366 e. The first-order valence-electron chi connectivity index (χ1n) is 9.55. The second-order valence-corrected chi connectivity index (χ2v) is 9.88. The standard InChI is InChI=1S/C21H26F3N3OS/c1-12-8-14(9-13(2)18(12)26-17(28)10-20(3,4)5)27-7-6-15-16(11-27)29-19(25-15)21(22,23)24/h8-9H,6-7,10-11H2,1-5H3,(H,26,28). The van der Waals surface area contributed by atoms with Gasteiger partial charge in [0, 0.05) is 35.6 Å². The molecule has 29 heavy (non-hydrogen) atoms. The summed E-state index contributed by atoms with van der Waals surface area (Å²) in [5.41, 5.74) is 4.08. The lowest BCUT2D eigenvalue weighted by Crippen LogP contribution is -2.30. The van der Waals surface area contributed by atoms with E-state index >= 15 is 0 Å². The normalized spacial score (nSPS) is 14.7. The molecule has 8 heteroatoms. The van der Waals surface area contributed by atoms with Crippen molar-refractivity contribution < 1.29 is 18.0 Å². The molecule has 1 aliphatic heterocycles. The Bertz CT molecular complexity index is 905. The predicted octanol–water partition coefficient (Wildman–Crippen LogP) is 5.72. The number of aryl methyl sites for hydroxylation is 2. The molecule has 1 N–H and O–H groups in total. The molecule has 1 amide bonds. The minimum atomic E-state index is -4.40. The summed E-state index contributed by atoms with van der Waals surface area (Å²) in [6, 6.07) is 3.97. The van der Waals surface area contributed by atoms with E-state index in [0.717, 1.165) is 33.8 Å². The number of halogens is 3. The SMILES string of the molecule is Cc1cc(N2CCc3nc(C(F)(F)F)sc3C2)cc(C)c1NC(=O)CC(C)(C)C. The van der Waals surface area contributed by atoms with E-state index in [9.17, 15) is 18.0 Å². The minimum absolute atomic E-state index is 0.0246. The molecule has 0 saturated carbocycles. The van der Waals surface area contributed by atoms with E-state index in [1.807, 2.05) is 46.8 Å². The number of nitrogens with zero attached hydrogens (tertiary/aromatic N) is 2. The molecule has 1 aromatic heterocycles. The molecule has 1 aromatic carbocycles. The van der Waals surface area contributed by atoms with Gasteiger partial charge in [-0.15, -0.1) is 11.3 Å². The number of aromatic nitrogens is 1. The maximum Gasteiger partial charge on any atom is 0.443 e. The Labute approximate surface area is 173 Å². The van der Waals surface area contributed by atoms with Crippen molar-refractivity contribution in [1.82, 2.24) is 4.98 Å². The molecule has 0 aliphatic carbocycles. The van der Waals surface area contributed by atoms with Gasteiger partial charge in [0.1, 0.15) is 0 Å². The van der Waals surface area contributed by atoms with Crippen molar-refractivity contribution in [1.29, 1.82) is 0 Å². The molecular weight excluding hydrogens is 399 g/mol. The van der Waals surface area contributed by atoms with Crippen LogP contribution in [-0.2, 0) is 23.9 Å². The second kappa shape index (κ2) is 7.63. The van der Waals surface area contributed by atoms with E-state index in [2.05, 4.69) is 15.2 Å². The fourth-order valence-corrected chi connectivity index (χ4v) is 4.51. The van der Waals surface area contributed by atoms with Crippen molar-refractivity contribution in [2.45, 2.75) is 60.2 Å². The third-order valence-corrected chi connectivity index (χ3v) is 5.94. The number of hydrogen-bond donors (Lipinski definition) is 1. The number of alkyl halides is 3. The molecule has 0 fully saturated rings. The van der Waals surface area contributed by atoms with Gasteiger partial charge in [-0.3, -0.25) is 4.79 Å². The third-order valence-electron chi connectivity index (χ3n) is 4.81. The molecule has 3 rings (SSSR count). The highest BCUT2D eigenvalue weighted by Crippen LogP contribution is 2.37. The lowest BCUT2D eigenvalue weighted by Gasteiger charge is -2.29. The summed E-state index contributed by atoms with van der Waals surface area (Å²) in [7, 11) is 0. The number of carbonyl (C=O) groups is 1. The van der Waals surface area contributed by atoms with E-state index in [4.69, 9.17) is 0 Å². The molecule has 0 atom stereocenters.